The summed E-state index contributed by atoms with van der Waals surface area (Å²) in [6, 6.07) is 0. The van der Waals surface area contributed by atoms with Gasteiger partial charge in [-0.05, 0) is 6.42 Å². The Kier molecular flexibility index (Phi) is 6.12. The van der Waals surface area contributed by atoms with Gasteiger partial charge in [0.25, 0.3) is 13.3 Å². The Morgan fingerprint density at radius 1 is 1.09 bits per heavy atom. The predicted octanol–water partition coefficient (Wildman–Crippen LogP) is -2.68. The molecule has 1 nitrogen and oxygen atoms in total. The van der Waals surface area contributed by atoms with E-state index in [1.165, 1.54) is 0 Å². The van der Waals surface area contributed by atoms with E-state index in [1.807, 2.05) is 0 Å². The summed E-state index contributed by atoms with van der Waals surface area (Å²) in [5.74, 6) is 0. The van der Waals surface area contributed by atoms with Crippen molar-refractivity contribution in [1.82, 2.24) is 0 Å². The molecular weight excluding hydrogens is 127 g/mol. The van der Waals surface area contributed by atoms with E-state index >= 15 is 0 Å². The minimum atomic E-state index is -0.471. The fourth-order valence-electron chi connectivity index (χ4n) is 0.936. The lowest BCUT2D eigenvalue weighted by molar-refractivity contribution is -0.655. The summed E-state index contributed by atoms with van der Waals surface area (Å²) in [4.78, 5) is 0. The molecule has 0 unspecified atom stereocenters. The lowest BCUT2D eigenvalue weighted by Gasteiger charge is -2.27. The second kappa shape index (κ2) is 5.93. The quantitative estimate of drug-likeness (QED) is 0.394. The topological polar surface area (TPSA) is 4.44 Å². The van der Waals surface area contributed by atoms with Crippen LogP contribution in [-0.4, -0.2) is 50.8 Å². The molecule has 0 fully saturated rings. The number of unbranched alkanes of at least 4 members (excludes halogenated alkanes) is 1. The van der Waals surface area contributed by atoms with Gasteiger partial charge in [0.15, 0.2) is 0 Å². The lowest BCUT2D eigenvalue weighted by atomic mass is 9.16. The van der Waals surface area contributed by atoms with E-state index in [2.05, 4.69) is 6.92 Å². The molecule has 48 valence electrons. The lowest BCUT2D eigenvalue weighted by Crippen LogP contribution is -3.24. The molecule has 0 rings (SSSR count). The summed E-state index contributed by atoms with van der Waals surface area (Å²) in [6.45, 7) is 2.00. The van der Waals surface area contributed by atoms with Crippen molar-refractivity contribution >= 4 is 44.2 Å². The molecule has 0 atom stereocenters. The summed E-state index contributed by atoms with van der Waals surface area (Å²) in [6.07, 6.45) is 2.15. The van der Waals surface area contributed by atoms with Crippen LogP contribution in [0.3, 0.4) is 0 Å². The second-order valence-corrected chi connectivity index (χ2v) is 2.73. The zero-order valence-electron chi connectivity index (χ0n) is 7.09. The smallest absolute Gasteiger partial charge is 0.256 e. The molecule has 0 amide bonds. The molecule has 0 aliphatic rings. The van der Waals surface area contributed by atoms with Gasteiger partial charge in [-0.3, -0.25) is 0 Å². The normalized spacial score (nSPS) is 10.0. The summed E-state index contributed by atoms with van der Waals surface area (Å²) in [5, 5.41) is 0. The first-order valence-corrected chi connectivity index (χ1v) is 3.97. The molecule has 0 saturated heterocycles. The average Bonchev–Trinajstić information content (AvgIpc) is 1.87. The first kappa shape index (κ1) is 11.3. The number of quaternary nitrogens is 1. The van der Waals surface area contributed by atoms with Gasteiger partial charge in [-0.2, -0.15) is 0 Å². The first-order valence-electron chi connectivity index (χ1n) is 3.97. The maximum Gasteiger partial charge on any atom is 0.256 e. The van der Waals surface area contributed by atoms with E-state index in [0.29, 0.717) is 0 Å². The zero-order valence-corrected chi connectivity index (χ0v) is 7.09. The molecule has 0 aliphatic heterocycles. The summed E-state index contributed by atoms with van der Waals surface area (Å²) >= 11 is 0. The van der Waals surface area contributed by atoms with Crippen LogP contribution in [0.25, 0.3) is 0 Å². The fraction of sp³-hybridized carbons (Fsp3) is 1.00. The fourth-order valence-corrected chi connectivity index (χ4v) is 0.936. The molecule has 0 bridgehead atoms. The number of rotatable bonds is 5. The molecule has 7 heteroatoms. The van der Waals surface area contributed by atoms with E-state index < -0.39 is 13.3 Å². The predicted molar refractivity (Wildman–Crippen MR) is 55.3 cm³/mol. The third kappa shape index (κ3) is 4.73. The highest BCUT2D eigenvalue weighted by Crippen LogP contribution is 1.78. The van der Waals surface area contributed by atoms with Gasteiger partial charge in [0.1, 0.15) is 30.9 Å². The van der Waals surface area contributed by atoms with Crippen molar-refractivity contribution in [1.29, 1.82) is 0 Å². The Bertz CT molecular complexity index is 88.6. The minimum Gasteiger partial charge on any atom is -0.508 e. The van der Waals surface area contributed by atoms with E-state index in [4.69, 9.17) is 30.9 Å². The third-order valence-corrected chi connectivity index (χ3v) is 1.68. The SMILES string of the molecule is [B]B([B])[NH+](CCCC)B([B])[B]. The molecule has 0 saturated carbocycles. The van der Waals surface area contributed by atoms with Crippen LogP contribution in [-0.2, 0) is 0 Å². The summed E-state index contributed by atoms with van der Waals surface area (Å²) < 4.78 is 0.854. The van der Waals surface area contributed by atoms with Gasteiger partial charge in [0.2, 0.25) is 0 Å². The van der Waals surface area contributed by atoms with E-state index in [9.17, 15) is 0 Å². The molecule has 8 radical (unpaired) electrons. The van der Waals surface area contributed by atoms with Crippen LogP contribution in [0.1, 0.15) is 19.8 Å². The highest BCUT2D eigenvalue weighted by Gasteiger charge is 2.20. The van der Waals surface area contributed by atoms with Gasteiger partial charge in [0.05, 0.1) is 0 Å². The van der Waals surface area contributed by atoms with Crippen molar-refractivity contribution in [3.8, 4) is 0 Å². The highest BCUT2D eigenvalue weighted by atomic mass is 14.9. The molecule has 0 aromatic rings. The Labute approximate surface area is 75.8 Å². The van der Waals surface area contributed by atoms with Crippen LogP contribution in [0, 0.1) is 0 Å². The van der Waals surface area contributed by atoms with Crippen LogP contribution in [0.2, 0.25) is 0 Å². The number of nitrogens with one attached hydrogen (secondary N) is 1. The van der Waals surface area contributed by atoms with Gasteiger partial charge in [-0.1, -0.05) is 13.3 Å². The minimum absolute atomic E-state index is 0.471. The monoisotopic (exact) mass is 138 g/mol. The molecular formula is C4H10B6N+. The second-order valence-electron chi connectivity index (χ2n) is 2.73. The molecule has 0 heterocycles. The van der Waals surface area contributed by atoms with Gasteiger partial charge < -0.3 is 4.72 Å². The van der Waals surface area contributed by atoms with Gasteiger partial charge >= 0.3 is 0 Å². The maximum absolute atomic E-state index is 5.46. The van der Waals surface area contributed by atoms with Gasteiger partial charge in [-0.25, -0.2) is 0 Å². The Morgan fingerprint density at radius 2 is 1.55 bits per heavy atom. The highest BCUT2D eigenvalue weighted by molar-refractivity contribution is 7.32. The molecule has 0 aromatic carbocycles. The molecule has 11 heavy (non-hydrogen) atoms. The van der Waals surface area contributed by atoms with Crippen LogP contribution in [0.15, 0.2) is 0 Å². The molecule has 1 N–H and O–H groups in total. The van der Waals surface area contributed by atoms with Crippen LogP contribution < -0.4 is 4.72 Å². The third-order valence-electron chi connectivity index (χ3n) is 1.68. The number of hydrogen-bond donors (Lipinski definition) is 1. The van der Waals surface area contributed by atoms with Crippen LogP contribution in [0.5, 0.6) is 0 Å². The van der Waals surface area contributed by atoms with Gasteiger partial charge in [0, 0.05) is 6.54 Å². The van der Waals surface area contributed by atoms with Gasteiger partial charge in [-0.15, -0.1) is 0 Å². The maximum atomic E-state index is 5.46. The Balaban J connectivity index is 3.70. The van der Waals surface area contributed by atoms with Crippen molar-refractivity contribution in [3.05, 3.63) is 0 Å². The van der Waals surface area contributed by atoms with Crippen molar-refractivity contribution in [3.63, 3.8) is 0 Å². The van der Waals surface area contributed by atoms with Crippen molar-refractivity contribution in [2.75, 3.05) is 6.54 Å². The Morgan fingerprint density at radius 3 is 1.82 bits per heavy atom. The molecule has 0 aromatic heterocycles. The van der Waals surface area contributed by atoms with Crippen molar-refractivity contribution in [2.45, 2.75) is 19.8 Å². The standard InChI is InChI=1S/C4H9B6N/c1-2-3-4-11(9(5)6)10(7)8/h2-4H2,1H3/p+1. The summed E-state index contributed by atoms with van der Waals surface area (Å²) in [7, 11) is 21.8. The number of hydrogen-bond acceptors (Lipinski definition) is 0. The Hall–Kier alpha value is 0.350. The van der Waals surface area contributed by atoms with E-state index in [1.54, 1.807) is 0 Å². The largest absolute Gasteiger partial charge is 0.508 e. The van der Waals surface area contributed by atoms with E-state index in [0.717, 1.165) is 24.1 Å². The zero-order chi connectivity index (χ0) is 8.85. The first-order chi connectivity index (χ1) is 5.09. The van der Waals surface area contributed by atoms with E-state index in [-0.39, 0.29) is 0 Å². The van der Waals surface area contributed by atoms with Crippen molar-refractivity contribution in [2.24, 2.45) is 0 Å². The molecule has 0 aliphatic carbocycles. The van der Waals surface area contributed by atoms with Crippen LogP contribution >= 0.6 is 0 Å². The molecule has 0 spiro atoms. The average molecular weight is 137 g/mol. The van der Waals surface area contributed by atoms with Crippen molar-refractivity contribution < 1.29 is 4.72 Å². The summed E-state index contributed by atoms with van der Waals surface area (Å²) in [5.41, 5.74) is 0. The van der Waals surface area contributed by atoms with Crippen LogP contribution in [0.4, 0.5) is 0 Å².